The van der Waals surface area contributed by atoms with Crippen molar-refractivity contribution in [3.8, 4) is 5.75 Å². The highest BCUT2D eigenvalue weighted by Gasteiger charge is 2.34. The molecular formula is C19H27F3O3. The summed E-state index contributed by atoms with van der Waals surface area (Å²) in [6, 6.07) is 4.58. The molecule has 0 N–H and O–H groups in total. The Balaban J connectivity index is 2.16. The third-order valence-electron chi connectivity index (χ3n) is 3.85. The zero-order valence-electron chi connectivity index (χ0n) is 14.7. The van der Waals surface area contributed by atoms with Gasteiger partial charge in [-0.05, 0) is 18.6 Å². The van der Waals surface area contributed by atoms with E-state index in [1.54, 1.807) is 0 Å². The minimum atomic E-state index is -4.58. The standard InChI is InChI=1S/C19H27F3O3/c1-2-3-4-5-6-7-8-9-12-15-24-18(23)25-17-14-11-10-13-16(17)19(20,21)22/h10-11,13-14H,2-9,12,15H2,1H3. The van der Waals surface area contributed by atoms with Crippen molar-refractivity contribution in [3.63, 3.8) is 0 Å². The summed E-state index contributed by atoms with van der Waals surface area (Å²) in [4.78, 5) is 11.5. The van der Waals surface area contributed by atoms with Gasteiger partial charge in [-0.25, -0.2) is 4.79 Å². The number of carbonyl (C=O) groups is 1. The number of benzene rings is 1. The van der Waals surface area contributed by atoms with Crippen LogP contribution in [0.25, 0.3) is 0 Å². The van der Waals surface area contributed by atoms with Gasteiger partial charge in [0.25, 0.3) is 0 Å². The molecule has 6 heteroatoms. The molecule has 3 nitrogen and oxygen atoms in total. The highest BCUT2D eigenvalue weighted by atomic mass is 19.4. The maximum atomic E-state index is 12.8. The minimum absolute atomic E-state index is 0.156. The van der Waals surface area contributed by atoms with Crippen molar-refractivity contribution in [1.82, 2.24) is 0 Å². The summed E-state index contributed by atoms with van der Waals surface area (Å²) in [5, 5.41) is 0. The molecule has 142 valence electrons. The second-order valence-corrected chi connectivity index (χ2v) is 6.02. The molecule has 0 heterocycles. The molecule has 1 aromatic carbocycles. The lowest BCUT2D eigenvalue weighted by Crippen LogP contribution is -2.15. The fraction of sp³-hybridized carbons (Fsp3) is 0.632. The lowest BCUT2D eigenvalue weighted by molar-refractivity contribution is -0.138. The van der Waals surface area contributed by atoms with Gasteiger partial charge in [0.05, 0.1) is 12.2 Å². The first-order valence-electron chi connectivity index (χ1n) is 8.96. The molecule has 0 bridgehead atoms. The van der Waals surface area contributed by atoms with E-state index in [1.165, 1.54) is 44.2 Å². The molecule has 0 saturated carbocycles. The molecule has 0 radical (unpaired) electrons. The smallest absolute Gasteiger partial charge is 0.434 e. The zero-order valence-corrected chi connectivity index (χ0v) is 14.7. The van der Waals surface area contributed by atoms with Crippen LogP contribution in [0.4, 0.5) is 18.0 Å². The molecule has 25 heavy (non-hydrogen) atoms. The van der Waals surface area contributed by atoms with Crippen molar-refractivity contribution in [2.45, 2.75) is 70.9 Å². The van der Waals surface area contributed by atoms with Crippen molar-refractivity contribution >= 4 is 6.16 Å². The van der Waals surface area contributed by atoms with Crippen molar-refractivity contribution in [3.05, 3.63) is 29.8 Å². The third-order valence-corrected chi connectivity index (χ3v) is 3.85. The molecule has 0 amide bonds. The van der Waals surface area contributed by atoms with Gasteiger partial charge >= 0.3 is 12.3 Å². The van der Waals surface area contributed by atoms with Crippen molar-refractivity contribution in [2.75, 3.05) is 6.61 Å². The molecule has 0 spiro atoms. The summed E-state index contributed by atoms with van der Waals surface area (Å²) in [6.45, 7) is 2.34. The highest BCUT2D eigenvalue weighted by Crippen LogP contribution is 2.35. The molecule has 0 saturated heterocycles. The normalized spacial score (nSPS) is 11.4. The number of halogens is 3. The van der Waals surface area contributed by atoms with Gasteiger partial charge in [0, 0.05) is 0 Å². The van der Waals surface area contributed by atoms with E-state index in [9.17, 15) is 18.0 Å². The quantitative estimate of drug-likeness (QED) is 0.249. The predicted octanol–water partition coefficient (Wildman–Crippen LogP) is 6.75. The lowest BCUT2D eigenvalue weighted by Gasteiger charge is -2.12. The topological polar surface area (TPSA) is 35.5 Å². The molecule has 0 atom stereocenters. The van der Waals surface area contributed by atoms with E-state index in [2.05, 4.69) is 11.7 Å². The van der Waals surface area contributed by atoms with Crippen LogP contribution >= 0.6 is 0 Å². The summed E-state index contributed by atoms with van der Waals surface area (Å²) in [7, 11) is 0. The Kier molecular flexibility index (Phi) is 10.0. The third kappa shape index (κ3) is 9.37. The van der Waals surface area contributed by atoms with Crippen LogP contribution in [0.3, 0.4) is 0 Å². The van der Waals surface area contributed by atoms with E-state index >= 15 is 0 Å². The Hall–Kier alpha value is -1.72. The zero-order chi connectivity index (χ0) is 18.5. The van der Waals surface area contributed by atoms with Gasteiger partial charge in [0.15, 0.2) is 0 Å². The van der Waals surface area contributed by atoms with Crippen LogP contribution < -0.4 is 4.74 Å². The molecule has 0 aliphatic carbocycles. The number of alkyl halides is 3. The summed E-state index contributed by atoms with van der Waals surface area (Å²) in [5.74, 6) is -0.535. The Bertz CT molecular complexity index is 501. The molecule has 1 aromatic rings. The fourth-order valence-corrected chi connectivity index (χ4v) is 2.48. The first-order valence-corrected chi connectivity index (χ1v) is 8.96. The number of hydrogen-bond acceptors (Lipinski definition) is 3. The average Bonchev–Trinajstić information content (AvgIpc) is 2.56. The van der Waals surface area contributed by atoms with Crippen LogP contribution in [0.15, 0.2) is 24.3 Å². The van der Waals surface area contributed by atoms with Crippen molar-refractivity contribution in [2.24, 2.45) is 0 Å². The summed E-state index contributed by atoms with van der Waals surface area (Å²) in [5.41, 5.74) is -0.991. The number of rotatable bonds is 11. The molecule has 0 aliphatic rings. The second kappa shape index (κ2) is 11.8. The second-order valence-electron chi connectivity index (χ2n) is 6.02. The largest absolute Gasteiger partial charge is 0.513 e. The Morgan fingerprint density at radius 1 is 0.920 bits per heavy atom. The summed E-state index contributed by atoms with van der Waals surface area (Å²) < 4.78 is 47.9. The minimum Gasteiger partial charge on any atom is -0.434 e. The van der Waals surface area contributed by atoms with E-state index in [1.807, 2.05) is 0 Å². The van der Waals surface area contributed by atoms with Crippen molar-refractivity contribution in [1.29, 1.82) is 0 Å². The van der Waals surface area contributed by atoms with Gasteiger partial charge in [0.2, 0.25) is 0 Å². The van der Waals surface area contributed by atoms with E-state index in [-0.39, 0.29) is 6.61 Å². The molecule has 0 aromatic heterocycles. The van der Waals surface area contributed by atoms with Crippen LogP contribution in [-0.2, 0) is 10.9 Å². The summed E-state index contributed by atoms with van der Waals surface area (Å²) in [6.07, 6.45) is 4.45. The Labute approximate surface area is 147 Å². The molecule has 0 unspecified atom stereocenters. The highest BCUT2D eigenvalue weighted by molar-refractivity contribution is 5.64. The average molecular weight is 360 g/mol. The van der Waals surface area contributed by atoms with E-state index in [4.69, 9.17) is 4.74 Å². The van der Waals surface area contributed by atoms with Gasteiger partial charge in [-0.1, -0.05) is 70.4 Å². The van der Waals surface area contributed by atoms with Crippen LogP contribution in [0.2, 0.25) is 0 Å². The van der Waals surface area contributed by atoms with Gasteiger partial charge in [-0.15, -0.1) is 0 Å². The Morgan fingerprint density at radius 3 is 2.08 bits per heavy atom. The molecule has 0 fully saturated rings. The number of para-hydroxylation sites is 1. The van der Waals surface area contributed by atoms with Crippen LogP contribution in [0.5, 0.6) is 5.75 Å². The number of hydrogen-bond donors (Lipinski definition) is 0. The Morgan fingerprint density at radius 2 is 1.48 bits per heavy atom. The molecule has 1 rings (SSSR count). The van der Waals surface area contributed by atoms with Gasteiger partial charge in [-0.2, -0.15) is 13.2 Å². The SMILES string of the molecule is CCCCCCCCCCCOC(=O)Oc1ccccc1C(F)(F)F. The summed E-state index contributed by atoms with van der Waals surface area (Å²) >= 11 is 0. The molecule has 0 aliphatic heterocycles. The maximum absolute atomic E-state index is 12.8. The van der Waals surface area contributed by atoms with E-state index < -0.39 is 23.6 Å². The molecular weight excluding hydrogens is 333 g/mol. The number of carbonyl (C=O) groups excluding carboxylic acids is 1. The fourth-order valence-electron chi connectivity index (χ4n) is 2.48. The van der Waals surface area contributed by atoms with Crippen LogP contribution in [0.1, 0.15) is 70.3 Å². The number of ether oxygens (including phenoxy) is 2. The van der Waals surface area contributed by atoms with Crippen LogP contribution in [-0.4, -0.2) is 12.8 Å². The van der Waals surface area contributed by atoms with Gasteiger partial charge in [0.1, 0.15) is 5.75 Å². The predicted molar refractivity (Wildman–Crippen MR) is 90.6 cm³/mol. The lowest BCUT2D eigenvalue weighted by atomic mass is 10.1. The van der Waals surface area contributed by atoms with E-state index in [0.717, 1.165) is 31.4 Å². The maximum Gasteiger partial charge on any atom is 0.513 e. The van der Waals surface area contributed by atoms with Crippen LogP contribution in [0, 0.1) is 0 Å². The van der Waals surface area contributed by atoms with E-state index in [0.29, 0.717) is 6.42 Å². The van der Waals surface area contributed by atoms with Gasteiger partial charge < -0.3 is 9.47 Å². The number of unbranched alkanes of at least 4 members (excludes halogenated alkanes) is 8. The first kappa shape index (κ1) is 21.3. The van der Waals surface area contributed by atoms with Gasteiger partial charge in [-0.3, -0.25) is 0 Å². The van der Waals surface area contributed by atoms with Crippen molar-refractivity contribution < 1.29 is 27.4 Å². The monoisotopic (exact) mass is 360 g/mol. The first-order chi connectivity index (χ1) is 11.9.